The number of aryl methyl sites for hydroxylation is 1. The zero-order valence-corrected chi connectivity index (χ0v) is 13.7. The Kier molecular flexibility index (Phi) is 6.07. The zero-order valence-electron chi connectivity index (χ0n) is 12.8. The Hall–Kier alpha value is -1.93. The average Bonchev–Trinajstić information content (AvgIpc) is 2.44. The molecule has 0 spiro atoms. The first-order valence-electron chi connectivity index (χ1n) is 6.89. The highest BCUT2D eigenvalue weighted by molar-refractivity contribution is 7.89. The van der Waals surface area contributed by atoms with E-state index in [1.165, 1.54) is 25.1 Å². The van der Waals surface area contributed by atoms with Crippen LogP contribution in [-0.4, -0.2) is 32.8 Å². The van der Waals surface area contributed by atoms with Crippen molar-refractivity contribution in [1.29, 1.82) is 0 Å². The van der Waals surface area contributed by atoms with E-state index in [-0.39, 0.29) is 10.5 Å². The first kappa shape index (κ1) is 18.1. The SMILES string of the molecule is CCCNC(=O)C(C)NS(=O)(=O)c1ccc(C)c(C(N)=O)c1. The fourth-order valence-electron chi connectivity index (χ4n) is 1.79. The van der Waals surface area contributed by atoms with Gasteiger partial charge in [-0.3, -0.25) is 9.59 Å². The number of carbonyl (C=O) groups excluding carboxylic acids is 2. The first-order valence-corrected chi connectivity index (χ1v) is 8.38. The summed E-state index contributed by atoms with van der Waals surface area (Å²) in [5.41, 5.74) is 5.93. The van der Waals surface area contributed by atoms with Crippen molar-refractivity contribution in [1.82, 2.24) is 10.0 Å². The van der Waals surface area contributed by atoms with Gasteiger partial charge in [0.25, 0.3) is 0 Å². The first-order chi connectivity index (χ1) is 10.2. The van der Waals surface area contributed by atoms with Crippen LogP contribution in [0.25, 0.3) is 0 Å². The van der Waals surface area contributed by atoms with Gasteiger partial charge in [-0.2, -0.15) is 4.72 Å². The molecule has 122 valence electrons. The molecule has 0 aliphatic heterocycles. The summed E-state index contributed by atoms with van der Waals surface area (Å²) in [6.45, 7) is 5.48. The van der Waals surface area contributed by atoms with Crippen LogP contribution >= 0.6 is 0 Å². The Balaban J connectivity index is 2.98. The van der Waals surface area contributed by atoms with Crippen LogP contribution in [-0.2, 0) is 14.8 Å². The average molecular weight is 327 g/mol. The van der Waals surface area contributed by atoms with Crippen molar-refractivity contribution in [2.75, 3.05) is 6.54 Å². The number of hydrogen-bond donors (Lipinski definition) is 3. The van der Waals surface area contributed by atoms with E-state index in [4.69, 9.17) is 5.73 Å². The molecule has 0 aliphatic rings. The van der Waals surface area contributed by atoms with Crippen LogP contribution in [0, 0.1) is 6.92 Å². The van der Waals surface area contributed by atoms with Crippen LogP contribution in [0.2, 0.25) is 0 Å². The highest BCUT2D eigenvalue weighted by Gasteiger charge is 2.22. The molecule has 2 amide bonds. The lowest BCUT2D eigenvalue weighted by atomic mass is 10.1. The van der Waals surface area contributed by atoms with Gasteiger partial charge in [-0.1, -0.05) is 13.0 Å². The zero-order chi connectivity index (χ0) is 16.9. The quantitative estimate of drug-likeness (QED) is 0.667. The maximum absolute atomic E-state index is 12.3. The van der Waals surface area contributed by atoms with Gasteiger partial charge >= 0.3 is 0 Å². The summed E-state index contributed by atoms with van der Waals surface area (Å²) in [5, 5.41) is 2.60. The Morgan fingerprint density at radius 3 is 2.50 bits per heavy atom. The largest absolute Gasteiger partial charge is 0.366 e. The van der Waals surface area contributed by atoms with Crippen molar-refractivity contribution in [3.05, 3.63) is 29.3 Å². The Labute approximate surface area is 130 Å². The molecule has 22 heavy (non-hydrogen) atoms. The second-order valence-electron chi connectivity index (χ2n) is 4.97. The van der Waals surface area contributed by atoms with Crippen molar-refractivity contribution in [3.8, 4) is 0 Å². The van der Waals surface area contributed by atoms with Crippen molar-refractivity contribution in [3.63, 3.8) is 0 Å². The van der Waals surface area contributed by atoms with Gasteiger partial charge in [0.15, 0.2) is 0 Å². The van der Waals surface area contributed by atoms with Crippen LogP contribution in [0.1, 0.15) is 36.2 Å². The number of primary amides is 1. The molecule has 0 heterocycles. The molecule has 0 saturated carbocycles. The van der Waals surface area contributed by atoms with Gasteiger partial charge in [-0.15, -0.1) is 0 Å². The predicted molar refractivity (Wildman–Crippen MR) is 82.8 cm³/mol. The van der Waals surface area contributed by atoms with Crippen molar-refractivity contribution in [2.24, 2.45) is 5.73 Å². The summed E-state index contributed by atoms with van der Waals surface area (Å²) in [7, 11) is -3.92. The molecule has 0 radical (unpaired) electrons. The number of carbonyl (C=O) groups is 2. The summed E-state index contributed by atoms with van der Waals surface area (Å²) < 4.78 is 26.8. The second-order valence-corrected chi connectivity index (χ2v) is 6.69. The number of nitrogens with two attached hydrogens (primary N) is 1. The number of amides is 2. The summed E-state index contributed by atoms with van der Waals surface area (Å²) in [6.07, 6.45) is 0.755. The molecule has 1 unspecified atom stereocenters. The van der Waals surface area contributed by atoms with Gasteiger partial charge < -0.3 is 11.1 Å². The summed E-state index contributed by atoms with van der Waals surface area (Å²) in [4.78, 5) is 22.9. The molecule has 7 nitrogen and oxygen atoms in total. The molecular formula is C14H21N3O4S. The molecular weight excluding hydrogens is 306 g/mol. The van der Waals surface area contributed by atoms with Crippen molar-refractivity contribution < 1.29 is 18.0 Å². The molecule has 1 atom stereocenters. The maximum atomic E-state index is 12.3. The number of nitrogens with one attached hydrogen (secondary N) is 2. The maximum Gasteiger partial charge on any atom is 0.249 e. The Morgan fingerprint density at radius 2 is 1.95 bits per heavy atom. The van der Waals surface area contributed by atoms with E-state index in [0.717, 1.165) is 6.42 Å². The van der Waals surface area contributed by atoms with E-state index in [0.29, 0.717) is 12.1 Å². The lowest BCUT2D eigenvalue weighted by molar-refractivity contribution is -0.122. The fraction of sp³-hybridized carbons (Fsp3) is 0.429. The summed E-state index contributed by atoms with van der Waals surface area (Å²) in [6, 6.07) is 3.14. The number of rotatable bonds is 7. The third-order valence-electron chi connectivity index (χ3n) is 3.06. The number of sulfonamides is 1. The highest BCUT2D eigenvalue weighted by Crippen LogP contribution is 2.15. The minimum Gasteiger partial charge on any atom is -0.366 e. The highest BCUT2D eigenvalue weighted by atomic mass is 32.2. The van der Waals surface area contributed by atoms with Crippen LogP contribution in [0.5, 0.6) is 0 Å². The molecule has 0 aliphatic carbocycles. The molecule has 0 fully saturated rings. The van der Waals surface area contributed by atoms with Crippen LogP contribution in [0.4, 0.5) is 0 Å². The molecule has 1 aromatic carbocycles. The minimum atomic E-state index is -3.92. The van der Waals surface area contributed by atoms with Gasteiger partial charge in [0.2, 0.25) is 21.8 Å². The molecule has 0 aromatic heterocycles. The van der Waals surface area contributed by atoms with Crippen molar-refractivity contribution >= 4 is 21.8 Å². The number of hydrogen-bond acceptors (Lipinski definition) is 4. The van der Waals surface area contributed by atoms with E-state index in [9.17, 15) is 18.0 Å². The van der Waals surface area contributed by atoms with Crippen LogP contribution < -0.4 is 15.8 Å². The predicted octanol–water partition coefficient (Wildman–Crippen LogP) is 0.287. The van der Waals surface area contributed by atoms with Crippen molar-refractivity contribution in [2.45, 2.75) is 38.1 Å². The lowest BCUT2D eigenvalue weighted by Gasteiger charge is -2.15. The molecule has 1 rings (SSSR count). The Bertz CT molecular complexity index is 671. The smallest absolute Gasteiger partial charge is 0.249 e. The van der Waals surface area contributed by atoms with Gasteiger partial charge in [-0.05, 0) is 38.0 Å². The van der Waals surface area contributed by atoms with Gasteiger partial charge in [0.05, 0.1) is 10.9 Å². The second kappa shape index (κ2) is 7.37. The Morgan fingerprint density at radius 1 is 1.32 bits per heavy atom. The normalized spacial score (nSPS) is 12.7. The summed E-state index contributed by atoms with van der Waals surface area (Å²) >= 11 is 0. The monoisotopic (exact) mass is 327 g/mol. The fourth-order valence-corrected chi connectivity index (χ4v) is 3.02. The third-order valence-corrected chi connectivity index (χ3v) is 4.60. The minimum absolute atomic E-state index is 0.109. The van der Waals surface area contributed by atoms with E-state index < -0.39 is 27.9 Å². The standard InChI is InChI=1S/C14H21N3O4S/c1-4-7-16-14(19)10(3)17-22(20,21)11-6-5-9(2)12(8-11)13(15)18/h5-6,8,10,17H,4,7H2,1-3H3,(H2,15,18)(H,16,19). The lowest BCUT2D eigenvalue weighted by Crippen LogP contribution is -2.44. The van der Waals surface area contributed by atoms with E-state index in [1.807, 2.05) is 6.92 Å². The van der Waals surface area contributed by atoms with E-state index in [2.05, 4.69) is 10.0 Å². The van der Waals surface area contributed by atoms with Crippen LogP contribution in [0.3, 0.4) is 0 Å². The van der Waals surface area contributed by atoms with Crippen LogP contribution in [0.15, 0.2) is 23.1 Å². The van der Waals surface area contributed by atoms with Gasteiger partial charge in [0.1, 0.15) is 0 Å². The summed E-state index contributed by atoms with van der Waals surface area (Å²) in [5.74, 6) is -1.11. The van der Waals surface area contributed by atoms with E-state index in [1.54, 1.807) is 6.92 Å². The molecule has 8 heteroatoms. The van der Waals surface area contributed by atoms with Gasteiger partial charge in [-0.25, -0.2) is 8.42 Å². The topological polar surface area (TPSA) is 118 Å². The molecule has 0 bridgehead atoms. The third kappa shape index (κ3) is 4.54. The van der Waals surface area contributed by atoms with Gasteiger partial charge in [0, 0.05) is 12.1 Å². The number of benzene rings is 1. The molecule has 4 N–H and O–H groups in total. The molecule has 0 saturated heterocycles. The van der Waals surface area contributed by atoms with E-state index >= 15 is 0 Å². The molecule has 1 aromatic rings.